The lowest BCUT2D eigenvalue weighted by Crippen LogP contribution is -2.33. The zero-order valence-electron chi connectivity index (χ0n) is 8.43. The largest absolute Gasteiger partial charge is 0.395 e. The van der Waals surface area contributed by atoms with Gasteiger partial charge in [-0.05, 0) is 33.0 Å². The van der Waals surface area contributed by atoms with Crippen LogP contribution in [0.4, 0.5) is 0 Å². The lowest BCUT2D eigenvalue weighted by molar-refractivity contribution is 0.223. The van der Waals surface area contributed by atoms with Gasteiger partial charge in [0.1, 0.15) is 0 Å². The predicted molar refractivity (Wildman–Crippen MR) is 52.3 cm³/mol. The van der Waals surface area contributed by atoms with Gasteiger partial charge in [0, 0.05) is 6.04 Å². The standard InChI is InChI=1S/C9H22N2O/c1-4-8(6-10-2)5-9(7-12)11-3/h8-12H,4-7H2,1-3H3/t8?,9-/m0/s1. The minimum Gasteiger partial charge on any atom is -0.395 e. The van der Waals surface area contributed by atoms with Gasteiger partial charge in [0.2, 0.25) is 0 Å². The molecule has 0 saturated heterocycles. The number of likely N-dealkylation sites (N-methyl/N-ethyl adjacent to an activating group) is 1. The van der Waals surface area contributed by atoms with Crippen molar-refractivity contribution in [3.8, 4) is 0 Å². The molecule has 2 atom stereocenters. The molecule has 0 heterocycles. The van der Waals surface area contributed by atoms with Crippen LogP contribution in [-0.4, -0.2) is 38.4 Å². The Morgan fingerprint density at radius 2 is 2.00 bits per heavy atom. The van der Waals surface area contributed by atoms with Gasteiger partial charge in [-0.25, -0.2) is 0 Å². The van der Waals surface area contributed by atoms with Gasteiger partial charge < -0.3 is 15.7 Å². The molecular formula is C9H22N2O. The number of hydrogen-bond donors (Lipinski definition) is 3. The maximum absolute atomic E-state index is 8.96. The van der Waals surface area contributed by atoms with E-state index >= 15 is 0 Å². The lowest BCUT2D eigenvalue weighted by atomic mass is 9.97. The Labute approximate surface area is 75.6 Å². The van der Waals surface area contributed by atoms with Gasteiger partial charge in [-0.1, -0.05) is 13.3 Å². The van der Waals surface area contributed by atoms with Crippen molar-refractivity contribution in [1.29, 1.82) is 0 Å². The first kappa shape index (κ1) is 11.9. The summed E-state index contributed by atoms with van der Waals surface area (Å²) in [5, 5.41) is 15.2. The van der Waals surface area contributed by atoms with Crippen LogP contribution in [0.3, 0.4) is 0 Å². The molecule has 1 unspecified atom stereocenters. The maximum atomic E-state index is 8.96. The SMILES string of the molecule is CCC(CNC)C[C@@H](CO)NC. The molecule has 0 saturated carbocycles. The van der Waals surface area contributed by atoms with Gasteiger partial charge in [-0.2, -0.15) is 0 Å². The van der Waals surface area contributed by atoms with Crippen molar-refractivity contribution >= 4 is 0 Å². The summed E-state index contributed by atoms with van der Waals surface area (Å²) in [6.07, 6.45) is 2.21. The minimum atomic E-state index is 0.233. The van der Waals surface area contributed by atoms with E-state index < -0.39 is 0 Å². The fraction of sp³-hybridized carbons (Fsp3) is 1.00. The highest BCUT2D eigenvalue weighted by Gasteiger charge is 2.11. The molecule has 3 nitrogen and oxygen atoms in total. The van der Waals surface area contributed by atoms with Crippen LogP contribution in [0.1, 0.15) is 19.8 Å². The van der Waals surface area contributed by atoms with Crippen LogP contribution in [0.15, 0.2) is 0 Å². The fourth-order valence-electron chi connectivity index (χ4n) is 1.37. The van der Waals surface area contributed by atoms with Crippen LogP contribution in [0.2, 0.25) is 0 Å². The van der Waals surface area contributed by atoms with Gasteiger partial charge in [-0.3, -0.25) is 0 Å². The molecule has 0 fully saturated rings. The molecule has 3 N–H and O–H groups in total. The average molecular weight is 174 g/mol. The molecule has 0 spiro atoms. The Hall–Kier alpha value is -0.120. The van der Waals surface area contributed by atoms with E-state index in [4.69, 9.17) is 5.11 Å². The predicted octanol–water partition coefficient (Wildman–Crippen LogP) is 0.202. The van der Waals surface area contributed by atoms with Crippen molar-refractivity contribution in [3.05, 3.63) is 0 Å². The Kier molecular flexibility index (Phi) is 7.45. The molecule has 0 amide bonds. The molecule has 0 aliphatic carbocycles. The smallest absolute Gasteiger partial charge is 0.0584 e. The molecule has 0 rings (SSSR count). The molecule has 0 aromatic rings. The Morgan fingerprint density at radius 3 is 2.33 bits per heavy atom. The van der Waals surface area contributed by atoms with E-state index in [1.54, 1.807) is 0 Å². The van der Waals surface area contributed by atoms with E-state index in [0.717, 1.165) is 13.0 Å². The normalized spacial score (nSPS) is 16.0. The highest BCUT2D eigenvalue weighted by Crippen LogP contribution is 2.09. The summed E-state index contributed by atoms with van der Waals surface area (Å²) in [6.45, 7) is 3.46. The zero-order chi connectivity index (χ0) is 9.40. The van der Waals surface area contributed by atoms with Gasteiger partial charge in [0.15, 0.2) is 0 Å². The second-order valence-corrected chi connectivity index (χ2v) is 3.24. The number of hydrogen-bond acceptors (Lipinski definition) is 3. The third-order valence-corrected chi connectivity index (χ3v) is 2.32. The summed E-state index contributed by atoms with van der Waals surface area (Å²) in [4.78, 5) is 0. The summed E-state index contributed by atoms with van der Waals surface area (Å²) in [5.41, 5.74) is 0. The van der Waals surface area contributed by atoms with E-state index in [9.17, 15) is 0 Å². The van der Waals surface area contributed by atoms with Crippen LogP contribution in [0.5, 0.6) is 0 Å². The fourth-order valence-corrected chi connectivity index (χ4v) is 1.37. The van der Waals surface area contributed by atoms with Crippen LogP contribution in [0.25, 0.3) is 0 Å². The van der Waals surface area contributed by atoms with Crippen LogP contribution >= 0.6 is 0 Å². The van der Waals surface area contributed by atoms with Gasteiger partial charge in [0.05, 0.1) is 6.61 Å². The van der Waals surface area contributed by atoms with Crippen molar-refractivity contribution in [2.24, 2.45) is 5.92 Å². The Bertz CT molecular complexity index is 94.5. The molecule has 0 aliphatic rings. The molecule has 0 aliphatic heterocycles. The molecule has 0 aromatic heterocycles. The van der Waals surface area contributed by atoms with Crippen molar-refractivity contribution in [3.63, 3.8) is 0 Å². The van der Waals surface area contributed by atoms with Crippen LogP contribution in [0, 0.1) is 5.92 Å². The third-order valence-electron chi connectivity index (χ3n) is 2.32. The van der Waals surface area contributed by atoms with E-state index in [0.29, 0.717) is 5.92 Å². The first-order chi connectivity index (χ1) is 5.78. The minimum absolute atomic E-state index is 0.233. The first-order valence-electron chi connectivity index (χ1n) is 4.71. The number of nitrogens with one attached hydrogen (secondary N) is 2. The average Bonchev–Trinajstić information content (AvgIpc) is 2.12. The summed E-state index contributed by atoms with van der Waals surface area (Å²) in [7, 11) is 3.86. The van der Waals surface area contributed by atoms with E-state index in [-0.39, 0.29) is 12.6 Å². The van der Waals surface area contributed by atoms with E-state index in [1.807, 2.05) is 14.1 Å². The van der Waals surface area contributed by atoms with Crippen molar-refractivity contribution in [1.82, 2.24) is 10.6 Å². The summed E-state index contributed by atoms with van der Waals surface area (Å²) in [6, 6.07) is 0.253. The summed E-state index contributed by atoms with van der Waals surface area (Å²) >= 11 is 0. The third kappa shape index (κ3) is 4.70. The van der Waals surface area contributed by atoms with Crippen molar-refractivity contribution in [2.45, 2.75) is 25.8 Å². The van der Waals surface area contributed by atoms with Crippen LogP contribution < -0.4 is 10.6 Å². The van der Waals surface area contributed by atoms with Gasteiger partial charge >= 0.3 is 0 Å². The molecule has 0 radical (unpaired) electrons. The van der Waals surface area contributed by atoms with Crippen molar-refractivity contribution in [2.75, 3.05) is 27.2 Å². The molecule has 0 bridgehead atoms. The van der Waals surface area contributed by atoms with E-state index in [1.165, 1.54) is 6.42 Å². The Balaban J connectivity index is 3.65. The van der Waals surface area contributed by atoms with Crippen LogP contribution in [-0.2, 0) is 0 Å². The number of aliphatic hydroxyl groups excluding tert-OH is 1. The quantitative estimate of drug-likeness (QED) is 0.517. The highest BCUT2D eigenvalue weighted by atomic mass is 16.3. The van der Waals surface area contributed by atoms with Gasteiger partial charge in [0.25, 0.3) is 0 Å². The second-order valence-electron chi connectivity index (χ2n) is 3.24. The Morgan fingerprint density at radius 1 is 1.33 bits per heavy atom. The zero-order valence-corrected chi connectivity index (χ0v) is 8.43. The summed E-state index contributed by atoms with van der Waals surface area (Å²) < 4.78 is 0. The van der Waals surface area contributed by atoms with Crippen molar-refractivity contribution < 1.29 is 5.11 Å². The number of rotatable bonds is 7. The van der Waals surface area contributed by atoms with Gasteiger partial charge in [-0.15, -0.1) is 0 Å². The number of aliphatic hydroxyl groups is 1. The first-order valence-corrected chi connectivity index (χ1v) is 4.71. The lowest BCUT2D eigenvalue weighted by Gasteiger charge is -2.20. The molecular weight excluding hydrogens is 152 g/mol. The summed E-state index contributed by atoms with van der Waals surface area (Å²) in [5.74, 6) is 0.666. The molecule has 3 heteroatoms. The molecule has 74 valence electrons. The maximum Gasteiger partial charge on any atom is 0.0584 e. The molecule has 0 aromatic carbocycles. The highest BCUT2D eigenvalue weighted by molar-refractivity contribution is 4.69. The second kappa shape index (κ2) is 7.53. The monoisotopic (exact) mass is 174 g/mol. The molecule has 12 heavy (non-hydrogen) atoms. The topological polar surface area (TPSA) is 44.3 Å². The van der Waals surface area contributed by atoms with E-state index in [2.05, 4.69) is 17.6 Å².